The number of rotatable bonds is 5. The van der Waals surface area contributed by atoms with Crippen molar-refractivity contribution in [1.82, 2.24) is 0 Å². The number of hydrogen-bond acceptors (Lipinski definition) is 4. The van der Waals surface area contributed by atoms with Gasteiger partial charge in [0.1, 0.15) is 5.75 Å². The fourth-order valence-corrected chi connectivity index (χ4v) is 4.69. The molecule has 0 aromatic heterocycles. The van der Waals surface area contributed by atoms with Crippen LogP contribution >= 0.6 is 27.5 Å². The summed E-state index contributed by atoms with van der Waals surface area (Å²) >= 11 is 9.23. The number of anilines is 1. The maximum atomic E-state index is 12.5. The van der Waals surface area contributed by atoms with Crippen LogP contribution in [0, 0.1) is 0 Å². The summed E-state index contributed by atoms with van der Waals surface area (Å²) in [6.45, 7) is 0.349. The summed E-state index contributed by atoms with van der Waals surface area (Å²) in [6.07, 6.45) is 2.66. The first kappa shape index (κ1) is 19.2. The lowest BCUT2D eigenvalue weighted by Gasteiger charge is -2.29. The summed E-state index contributed by atoms with van der Waals surface area (Å²) in [6, 6.07) is 10.2. The Morgan fingerprint density at radius 3 is 2.73 bits per heavy atom. The molecule has 138 valence electrons. The zero-order valence-corrected chi connectivity index (χ0v) is 17.2. The Hall–Kier alpha value is -1.57. The molecule has 0 atom stereocenters. The first-order chi connectivity index (χ1) is 12.3. The number of aryl methyl sites for hydroxylation is 1. The second-order valence-corrected chi connectivity index (χ2v) is 9.27. The average molecular weight is 459 g/mol. The fraction of sp³-hybridized carbons (Fsp3) is 0.278. The lowest BCUT2D eigenvalue weighted by Crippen LogP contribution is -2.34. The molecule has 26 heavy (non-hydrogen) atoms. The lowest BCUT2D eigenvalue weighted by molar-refractivity contribution is 0.0921. The van der Waals surface area contributed by atoms with Crippen LogP contribution in [-0.2, 0) is 16.4 Å². The van der Waals surface area contributed by atoms with E-state index >= 15 is 0 Å². The molecule has 0 aliphatic carbocycles. The number of carbonyl (C=O) groups is 1. The van der Waals surface area contributed by atoms with E-state index in [0.29, 0.717) is 33.0 Å². The molecule has 3 rings (SSSR count). The minimum atomic E-state index is -3.32. The highest BCUT2D eigenvalue weighted by atomic mass is 79.9. The van der Waals surface area contributed by atoms with Crippen molar-refractivity contribution >= 4 is 49.0 Å². The molecule has 5 nitrogen and oxygen atoms in total. The minimum absolute atomic E-state index is 0.116. The van der Waals surface area contributed by atoms with E-state index in [1.54, 1.807) is 36.4 Å². The van der Waals surface area contributed by atoms with Gasteiger partial charge in [-0.2, -0.15) is 0 Å². The molecule has 2 aromatic carbocycles. The van der Waals surface area contributed by atoms with Crippen molar-refractivity contribution in [2.75, 3.05) is 23.7 Å². The van der Waals surface area contributed by atoms with Gasteiger partial charge in [0.2, 0.25) is 10.0 Å². The topological polar surface area (TPSA) is 63.7 Å². The van der Waals surface area contributed by atoms with Gasteiger partial charge in [-0.25, -0.2) is 8.42 Å². The van der Waals surface area contributed by atoms with Gasteiger partial charge in [-0.3, -0.25) is 9.10 Å². The molecule has 0 radical (unpaired) electrons. The van der Waals surface area contributed by atoms with Crippen LogP contribution in [0.3, 0.4) is 0 Å². The Morgan fingerprint density at radius 2 is 2.04 bits per heavy atom. The normalized spacial score (nSPS) is 14.0. The SMILES string of the molecule is CS(=O)(=O)N1CCCc2cc(C(=O)COc3ccc(Cl)cc3Br)ccc21. The van der Waals surface area contributed by atoms with Gasteiger partial charge in [0.25, 0.3) is 0 Å². The third kappa shape index (κ3) is 4.22. The van der Waals surface area contributed by atoms with Gasteiger partial charge in [-0.1, -0.05) is 11.6 Å². The van der Waals surface area contributed by atoms with Crippen LogP contribution < -0.4 is 9.04 Å². The second-order valence-electron chi connectivity index (χ2n) is 6.07. The minimum Gasteiger partial charge on any atom is -0.484 e. The molecular weight excluding hydrogens is 442 g/mol. The largest absolute Gasteiger partial charge is 0.484 e. The van der Waals surface area contributed by atoms with Gasteiger partial charge in [-0.05, 0) is 70.7 Å². The van der Waals surface area contributed by atoms with E-state index in [0.717, 1.165) is 18.4 Å². The molecule has 0 saturated heterocycles. The predicted molar refractivity (Wildman–Crippen MR) is 106 cm³/mol. The predicted octanol–water partition coefficient (Wildman–Crippen LogP) is 4.08. The Balaban J connectivity index is 1.76. The molecule has 0 bridgehead atoms. The molecule has 0 amide bonds. The van der Waals surface area contributed by atoms with Crippen LogP contribution in [0.4, 0.5) is 5.69 Å². The molecule has 0 saturated carbocycles. The number of nitrogens with zero attached hydrogens (tertiary/aromatic N) is 1. The van der Waals surface area contributed by atoms with E-state index in [1.165, 1.54) is 10.6 Å². The van der Waals surface area contributed by atoms with Gasteiger partial charge >= 0.3 is 0 Å². The van der Waals surface area contributed by atoms with E-state index in [-0.39, 0.29) is 12.4 Å². The van der Waals surface area contributed by atoms with Gasteiger partial charge in [-0.15, -0.1) is 0 Å². The van der Waals surface area contributed by atoms with Crippen LogP contribution in [0.25, 0.3) is 0 Å². The van der Waals surface area contributed by atoms with Crippen LogP contribution in [0.5, 0.6) is 5.75 Å². The smallest absolute Gasteiger partial charge is 0.232 e. The molecule has 0 unspecified atom stereocenters. The maximum Gasteiger partial charge on any atom is 0.232 e. The summed E-state index contributed by atoms with van der Waals surface area (Å²) in [5.74, 6) is 0.357. The van der Waals surface area contributed by atoms with E-state index in [2.05, 4.69) is 15.9 Å². The molecule has 1 aliphatic rings. The van der Waals surface area contributed by atoms with E-state index in [9.17, 15) is 13.2 Å². The monoisotopic (exact) mass is 457 g/mol. The molecule has 0 N–H and O–H groups in total. The zero-order valence-electron chi connectivity index (χ0n) is 14.0. The molecule has 8 heteroatoms. The average Bonchev–Trinajstić information content (AvgIpc) is 2.59. The number of ketones is 1. The second kappa shape index (κ2) is 7.58. The Morgan fingerprint density at radius 1 is 1.27 bits per heavy atom. The molecular formula is C18H17BrClNO4S. The summed E-state index contributed by atoms with van der Waals surface area (Å²) in [4.78, 5) is 12.5. The van der Waals surface area contributed by atoms with Crippen molar-refractivity contribution in [3.63, 3.8) is 0 Å². The fourth-order valence-electron chi connectivity index (χ4n) is 2.90. The summed E-state index contributed by atoms with van der Waals surface area (Å²) in [5.41, 5.74) is 2.01. The highest BCUT2D eigenvalue weighted by Crippen LogP contribution is 2.31. The molecule has 1 heterocycles. The van der Waals surface area contributed by atoms with Crippen molar-refractivity contribution in [2.45, 2.75) is 12.8 Å². The first-order valence-electron chi connectivity index (χ1n) is 7.97. The number of carbonyl (C=O) groups excluding carboxylic acids is 1. The standard InChI is InChI=1S/C18H17BrClNO4S/c1-26(23,24)21-8-2-3-12-9-13(4-6-16(12)21)17(22)11-25-18-7-5-14(20)10-15(18)19/h4-7,9-10H,2-3,8,11H2,1H3. The number of Topliss-reactive ketones (excluding diaryl/α,β-unsaturated/α-hetero) is 1. The third-order valence-electron chi connectivity index (χ3n) is 4.13. The number of sulfonamides is 1. The van der Waals surface area contributed by atoms with E-state index in [1.807, 2.05) is 0 Å². The van der Waals surface area contributed by atoms with Crippen molar-refractivity contribution in [2.24, 2.45) is 0 Å². The van der Waals surface area contributed by atoms with Crippen LogP contribution in [0.15, 0.2) is 40.9 Å². The highest BCUT2D eigenvalue weighted by molar-refractivity contribution is 9.10. The first-order valence-corrected chi connectivity index (χ1v) is 11.0. The van der Waals surface area contributed by atoms with Crippen LogP contribution in [0.2, 0.25) is 5.02 Å². The van der Waals surface area contributed by atoms with Crippen molar-refractivity contribution in [1.29, 1.82) is 0 Å². The third-order valence-corrected chi connectivity index (χ3v) is 6.17. The van der Waals surface area contributed by atoms with Crippen molar-refractivity contribution in [3.05, 3.63) is 57.0 Å². The van der Waals surface area contributed by atoms with Crippen LogP contribution in [-0.4, -0.2) is 33.6 Å². The Labute approximate surface area is 166 Å². The lowest BCUT2D eigenvalue weighted by atomic mass is 9.99. The zero-order chi connectivity index (χ0) is 18.9. The number of halogens is 2. The quantitative estimate of drug-likeness (QED) is 0.634. The number of ether oxygens (including phenoxy) is 1. The van der Waals surface area contributed by atoms with Crippen molar-refractivity contribution < 1.29 is 17.9 Å². The van der Waals surface area contributed by atoms with Gasteiger partial charge < -0.3 is 4.74 Å². The molecule has 1 aliphatic heterocycles. The Bertz CT molecular complexity index is 962. The van der Waals surface area contributed by atoms with E-state index < -0.39 is 10.0 Å². The van der Waals surface area contributed by atoms with Gasteiger partial charge in [0.05, 0.1) is 16.4 Å². The molecule has 0 fully saturated rings. The van der Waals surface area contributed by atoms with Crippen molar-refractivity contribution in [3.8, 4) is 5.75 Å². The number of hydrogen-bond donors (Lipinski definition) is 0. The maximum absolute atomic E-state index is 12.5. The summed E-state index contributed by atoms with van der Waals surface area (Å²) < 4.78 is 31.4. The number of fused-ring (bicyclic) bond motifs is 1. The molecule has 0 spiro atoms. The highest BCUT2D eigenvalue weighted by Gasteiger charge is 2.24. The van der Waals surface area contributed by atoms with Gasteiger partial charge in [0, 0.05) is 17.1 Å². The Kier molecular flexibility index (Phi) is 5.60. The molecule has 2 aromatic rings. The number of benzene rings is 2. The van der Waals surface area contributed by atoms with Crippen LogP contribution in [0.1, 0.15) is 22.3 Å². The summed E-state index contributed by atoms with van der Waals surface area (Å²) in [7, 11) is -3.32. The van der Waals surface area contributed by atoms with E-state index in [4.69, 9.17) is 16.3 Å². The summed E-state index contributed by atoms with van der Waals surface area (Å²) in [5, 5.41) is 0.570. The van der Waals surface area contributed by atoms with Gasteiger partial charge in [0.15, 0.2) is 12.4 Å².